The molecule has 0 radical (unpaired) electrons. The Kier molecular flexibility index (Phi) is 3.68. The average molecular weight is 352 g/mol. The van der Waals surface area contributed by atoms with E-state index in [1.165, 1.54) is 34.8 Å². The van der Waals surface area contributed by atoms with Crippen LogP contribution in [0.15, 0.2) is 36.7 Å². The van der Waals surface area contributed by atoms with Gasteiger partial charge in [0.15, 0.2) is 0 Å². The van der Waals surface area contributed by atoms with Crippen LogP contribution in [0.25, 0.3) is 11.4 Å². The second-order valence-electron chi connectivity index (χ2n) is 5.06. The normalized spacial score (nSPS) is 16.3. The Morgan fingerprint density at radius 3 is 2.89 bits per heavy atom. The van der Waals surface area contributed by atoms with Crippen LogP contribution in [0.1, 0.15) is 25.7 Å². The molecule has 1 aliphatic rings. The molecule has 0 bridgehead atoms. The Bertz CT molecular complexity index is 527. The number of rotatable bonds is 3. The van der Waals surface area contributed by atoms with Crippen molar-refractivity contribution < 1.29 is 0 Å². The average Bonchev–Trinajstić information content (AvgIpc) is 3.01. The van der Waals surface area contributed by atoms with Gasteiger partial charge in [-0.1, -0.05) is 25.0 Å². The molecule has 2 nitrogen and oxygen atoms in total. The molecule has 0 unspecified atom stereocenters. The molecule has 0 N–H and O–H groups in total. The smallest absolute Gasteiger partial charge is 0.139 e. The minimum atomic E-state index is 0.848. The molecule has 2 aromatic rings. The molecular weight excluding hydrogens is 335 g/mol. The van der Waals surface area contributed by atoms with E-state index in [4.69, 9.17) is 0 Å². The van der Waals surface area contributed by atoms with Gasteiger partial charge in [0.2, 0.25) is 0 Å². The molecule has 1 heterocycles. The summed E-state index contributed by atoms with van der Waals surface area (Å²) in [4.78, 5) is 4.53. The number of nitrogens with zero attached hydrogens (tertiary/aromatic N) is 2. The number of hydrogen-bond donors (Lipinski definition) is 0. The maximum atomic E-state index is 4.53. The summed E-state index contributed by atoms with van der Waals surface area (Å²) in [7, 11) is 0. The molecule has 0 aliphatic heterocycles. The van der Waals surface area contributed by atoms with Crippen molar-refractivity contribution in [2.75, 3.05) is 0 Å². The van der Waals surface area contributed by atoms with Gasteiger partial charge in [0.25, 0.3) is 0 Å². The standard InChI is InChI=1S/C15H17IN2/c16-14-7-3-6-13(10-14)15-17-8-9-18(15)11-12-4-1-2-5-12/h3,6-10,12H,1-2,4-5,11H2. The van der Waals surface area contributed by atoms with Gasteiger partial charge in [-0.15, -0.1) is 0 Å². The number of benzene rings is 1. The summed E-state index contributed by atoms with van der Waals surface area (Å²) < 4.78 is 3.59. The Hall–Kier alpha value is -0.840. The van der Waals surface area contributed by atoms with Crippen LogP contribution < -0.4 is 0 Å². The van der Waals surface area contributed by atoms with Gasteiger partial charge in [-0.3, -0.25) is 0 Å². The zero-order valence-corrected chi connectivity index (χ0v) is 12.5. The molecule has 0 atom stereocenters. The van der Waals surface area contributed by atoms with Crippen LogP contribution in [0, 0.1) is 9.49 Å². The van der Waals surface area contributed by atoms with Gasteiger partial charge < -0.3 is 4.57 Å². The third kappa shape index (κ3) is 2.60. The van der Waals surface area contributed by atoms with Crippen molar-refractivity contribution in [1.82, 2.24) is 9.55 Å². The fraction of sp³-hybridized carbons (Fsp3) is 0.400. The molecule has 1 aliphatic carbocycles. The molecule has 18 heavy (non-hydrogen) atoms. The summed E-state index contributed by atoms with van der Waals surface area (Å²) in [6.07, 6.45) is 9.60. The first-order valence-corrected chi connectivity index (χ1v) is 7.68. The van der Waals surface area contributed by atoms with Crippen LogP contribution >= 0.6 is 22.6 Å². The maximum Gasteiger partial charge on any atom is 0.139 e. The highest BCUT2D eigenvalue weighted by Crippen LogP contribution is 2.28. The van der Waals surface area contributed by atoms with Crippen molar-refractivity contribution >= 4 is 22.6 Å². The van der Waals surface area contributed by atoms with E-state index in [9.17, 15) is 0 Å². The van der Waals surface area contributed by atoms with Crippen molar-refractivity contribution in [3.63, 3.8) is 0 Å². The lowest BCUT2D eigenvalue weighted by atomic mass is 10.1. The maximum absolute atomic E-state index is 4.53. The van der Waals surface area contributed by atoms with E-state index < -0.39 is 0 Å². The van der Waals surface area contributed by atoms with Gasteiger partial charge in [0, 0.05) is 28.1 Å². The van der Waals surface area contributed by atoms with Crippen molar-refractivity contribution in [1.29, 1.82) is 0 Å². The van der Waals surface area contributed by atoms with E-state index in [2.05, 4.69) is 62.6 Å². The summed E-state index contributed by atoms with van der Waals surface area (Å²) in [5.74, 6) is 1.96. The number of imidazole rings is 1. The molecule has 0 amide bonds. The topological polar surface area (TPSA) is 17.8 Å². The Labute approximate surface area is 122 Å². The predicted octanol–water partition coefficient (Wildman–Crippen LogP) is 4.34. The van der Waals surface area contributed by atoms with Gasteiger partial charge in [-0.05, 0) is 53.5 Å². The van der Waals surface area contributed by atoms with Crippen LogP contribution in [0.3, 0.4) is 0 Å². The SMILES string of the molecule is Ic1cccc(-c2nccn2CC2CCCC2)c1. The first-order valence-electron chi connectivity index (χ1n) is 6.60. The third-order valence-electron chi connectivity index (χ3n) is 3.73. The molecule has 1 saturated carbocycles. The molecule has 0 saturated heterocycles. The quantitative estimate of drug-likeness (QED) is 0.752. The van der Waals surface area contributed by atoms with E-state index in [0.717, 1.165) is 18.3 Å². The number of halogens is 1. The first-order chi connectivity index (χ1) is 8.83. The summed E-state index contributed by atoms with van der Waals surface area (Å²) in [6.45, 7) is 1.13. The third-order valence-corrected chi connectivity index (χ3v) is 4.40. The van der Waals surface area contributed by atoms with E-state index in [-0.39, 0.29) is 0 Å². The van der Waals surface area contributed by atoms with Crippen LogP contribution in [0.4, 0.5) is 0 Å². The molecule has 0 spiro atoms. The largest absolute Gasteiger partial charge is 0.331 e. The van der Waals surface area contributed by atoms with Gasteiger partial charge in [0.05, 0.1) is 0 Å². The molecule has 3 heteroatoms. The van der Waals surface area contributed by atoms with Gasteiger partial charge in [-0.2, -0.15) is 0 Å². The minimum absolute atomic E-state index is 0.848. The summed E-state index contributed by atoms with van der Waals surface area (Å²) in [6, 6.07) is 8.57. The van der Waals surface area contributed by atoms with Crippen molar-refractivity contribution in [2.24, 2.45) is 5.92 Å². The molecule has 1 aromatic carbocycles. The molecule has 3 rings (SSSR count). The van der Waals surface area contributed by atoms with Gasteiger partial charge in [-0.25, -0.2) is 4.98 Å². The van der Waals surface area contributed by atoms with E-state index >= 15 is 0 Å². The first kappa shape index (κ1) is 12.2. The van der Waals surface area contributed by atoms with E-state index in [1.54, 1.807) is 0 Å². The minimum Gasteiger partial charge on any atom is -0.331 e. The highest BCUT2D eigenvalue weighted by Gasteiger charge is 2.17. The highest BCUT2D eigenvalue weighted by molar-refractivity contribution is 14.1. The van der Waals surface area contributed by atoms with E-state index in [1.807, 2.05) is 6.20 Å². The monoisotopic (exact) mass is 352 g/mol. The zero-order valence-electron chi connectivity index (χ0n) is 10.3. The van der Waals surface area contributed by atoms with Crippen LogP contribution in [-0.4, -0.2) is 9.55 Å². The summed E-state index contributed by atoms with van der Waals surface area (Å²) in [5.41, 5.74) is 1.23. The lowest BCUT2D eigenvalue weighted by molar-refractivity contribution is 0.460. The lowest BCUT2D eigenvalue weighted by Gasteiger charge is -2.13. The van der Waals surface area contributed by atoms with Crippen LogP contribution in [0.5, 0.6) is 0 Å². The van der Waals surface area contributed by atoms with Crippen molar-refractivity contribution in [3.8, 4) is 11.4 Å². The zero-order chi connectivity index (χ0) is 12.4. The summed E-state index contributed by atoms with van der Waals surface area (Å²) >= 11 is 2.36. The Balaban J connectivity index is 1.86. The van der Waals surface area contributed by atoms with Crippen LogP contribution in [0.2, 0.25) is 0 Å². The Morgan fingerprint density at radius 1 is 1.28 bits per heavy atom. The molecule has 94 valence electrons. The molecule has 1 fully saturated rings. The fourth-order valence-corrected chi connectivity index (χ4v) is 3.36. The fourth-order valence-electron chi connectivity index (χ4n) is 2.82. The molecular formula is C15H17IN2. The highest BCUT2D eigenvalue weighted by atomic mass is 127. The Morgan fingerprint density at radius 2 is 2.11 bits per heavy atom. The van der Waals surface area contributed by atoms with Crippen molar-refractivity contribution in [3.05, 3.63) is 40.2 Å². The number of aromatic nitrogens is 2. The second kappa shape index (κ2) is 5.43. The number of hydrogen-bond acceptors (Lipinski definition) is 1. The van der Waals surface area contributed by atoms with Gasteiger partial charge >= 0.3 is 0 Å². The molecule has 1 aromatic heterocycles. The van der Waals surface area contributed by atoms with Crippen molar-refractivity contribution in [2.45, 2.75) is 32.2 Å². The summed E-state index contributed by atoms with van der Waals surface area (Å²) in [5, 5.41) is 0. The van der Waals surface area contributed by atoms with Gasteiger partial charge in [0.1, 0.15) is 5.82 Å². The van der Waals surface area contributed by atoms with Crippen LogP contribution in [-0.2, 0) is 6.54 Å². The second-order valence-corrected chi connectivity index (χ2v) is 6.31. The predicted molar refractivity (Wildman–Crippen MR) is 82.3 cm³/mol. The van der Waals surface area contributed by atoms with E-state index in [0.29, 0.717) is 0 Å². The lowest BCUT2D eigenvalue weighted by Crippen LogP contribution is -2.07.